The summed E-state index contributed by atoms with van der Waals surface area (Å²) in [6, 6.07) is 4.00. The van der Waals surface area contributed by atoms with Gasteiger partial charge in [-0.15, -0.1) is 0 Å². The Bertz CT molecular complexity index is 1070. The molecule has 0 saturated carbocycles. The molecule has 1 unspecified atom stereocenters. The van der Waals surface area contributed by atoms with Crippen LogP contribution in [0.2, 0.25) is 0 Å². The van der Waals surface area contributed by atoms with Gasteiger partial charge in [-0.1, -0.05) is 11.8 Å². The lowest BCUT2D eigenvalue weighted by Gasteiger charge is -2.36. The largest absolute Gasteiger partial charge is 0.384 e. The van der Waals surface area contributed by atoms with Gasteiger partial charge in [0.05, 0.1) is 0 Å². The maximum atomic E-state index is 15.5. The van der Waals surface area contributed by atoms with Crippen LogP contribution in [0.25, 0.3) is 0 Å². The van der Waals surface area contributed by atoms with E-state index in [-0.39, 0.29) is 5.56 Å². The highest BCUT2D eigenvalue weighted by Crippen LogP contribution is 2.49. The standard InChI is InChI=1S/C20H13F4N3O2/c21-15-4-5-16(17(22)8-15)19(29,14-10-25-12-26-11-14)20(23,24)18-6-3-13(9-27-18)2-1-7-28/h3-6,8-12,28-29H,7H2. The summed E-state index contributed by atoms with van der Waals surface area (Å²) in [6.07, 6.45) is 3.89. The Balaban J connectivity index is 2.20. The second-order valence-corrected chi connectivity index (χ2v) is 5.93. The van der Waals surface area contributed by atoms with E-state index in [9.17, 15) is 13.9 Å². The minimum absolute atomic E-state index is 0.248. The number of benzene rings is 1. The fourth-order valence-electron chi connectivity index (χ4n) is 2.76. The summed E-state index contributed by atoms with van der Waals surface area (Å²) >= 11 is 0. The molecule has 29 heavy (non-hydrogen) atoms. The van der Waals surface area contributed by atoms with Crippen molar-refractivity contribution in [3.05, 3.63) is 89.3 Å². The van der Waals surface area contributed by atoms with Crippen molar-refractivity contribution in [3.63, 3.8) is 0 Å². The van der Waals surface area contributed by atoms with Gasteiger partial charge in [0.15, 0.2) is 5.60 Å². The van der Waals surface area contributed by atoms with Crippen molar-refractivity contribution in [2.45, 2.75) is 11.5 Å². The molecule has 0 fully saturated rings. The number of rotatable bonds is 4. The van der Waals surface area contributed by atoms with Crippen molar-refractivity contribution in [2.24, 2.45) is 0 Å². The fraction of sp³-hybridized carbons (Fsp3) is 0.150. The summed E-state index contributed by atoms with van der Waals surface area (Å²) in [5.74, 6) is -1.69. The zero-order valence-electron chi connectivity index (χ0n) is 14.7. The lowest BCUT2D eigenvalue weighted by molar-refractivity contribution is -0.175. The van der Waals surface area contributed by atoms with Crippen LogP contribution in [0.4, 0.5) is 17.6 Å². The third-order valence-corrected chi connectivity index (χ3v) is 4.15. The molecular weight excluding hydrogens is 390 g/mol. The van der Waals surface area contributed by atoms with Crippen LogP contribution in [0, 0.1) is 23.5 Å². The fourth-order valence-corrected chi connectivity index (χ4v) is 2.76. The lowest BCUT2D eigenvalue weighted by Crippen LogP contribution is -2.45. The molecule has 0 radical (unpaired) electrons. The van der Waals surface area contributed by atoms with Gasteiger partial charge in [0.2, 0.25) is 0 Å². The van der Waals surface area contributed by atoms with E-state index in [1.165, 1.54) is 6.07 Å². The van der Waals surface area contributed by atoms with Gasteiger partial charge in [0.1, 0.15) is 30.3 Å². The Morgan fingerprint density at radius 2 is 1.72 bits per heavy atom. The molecule has 0 aliphatic heterocycles. The van der Waals surface area contributed by atoms with Crippen LogP contribution in [0.3, 0.4) is 0 Å². The van der Waals surface area contributed by atoms with Gasteiger partial charge in [-0.05, 0) is 24.3 Å². The van der Waals surface area contributed by atoms with Crippen LogP contribution in [-0.2, 0) is 11.5 Å². The van der Waals surface area contributed by atoms with Crippen LogP contribution in [-0.4, -0.2) is 31.8 Å². The van der Waals surface area contributed by atoms with E-state index < -0.39 is 46.6 Å². The SMILES string of the molecule is OCC#Cc1ccc(C(F)(F)C(O)(c2cncnc2)c2ccc(F)cc2F)nc1. The summed E-state index contributed by atoms with van der Waals surface area (Å²) in [7, 11) is 0. The van der Waals surface area contributed by atoms with E-state index >= 15 is 8.78 Å². The molecular formula is C20H13F4N3O2. The third-order valence-electron chi connectivity index (χ3n) is 4.15. The highest BCUT2D eigenvalue weighted by atomic mass is 19.3. The minimum atomic E-state index is -4.17. The summed E-state index contributed by atoms with van der Waals surface area (Å²) in [6.45, 7) is -0.421. The van der Waals surface area contributed by atoms with Gasteiger partial charge in [-0.2, -0.15) is 8.78 Å². The predicted molar refractivity (Wildman–Crippen MR) is 93.5 cm³/mol. The van der Waals surface area contributed by atoms with Crippen LogP contribution in [0.1, 0.15) is 22.4 Å². The first-order chi connectivity index (χ1) is 13.8. The molecule has 0 bridgehead atoms. The predicted octanol–water partition coefficient (Wildman–Crippen LogP) is 2.52. The number of alkyl halides is 2. The molecule has 1 atom stereocenters. The zero-order chi connectivity index (χ0) is 21.1. The van der Waals surface area contributed by atoms with E-state index in [4.69, 9.17) is 5.11 Å². The smallest absolute Gasteiger partial charge is 0.326 e. The van der Waals surface area contributed by atoms with E-state index in [0.717, 1.165) is 43.1 Å². The van der Waals surface area contributed by atoms with Crippen LogP contribution in [0.15, 0.2) is 55.2 Å². The number of hydrogen-bond acceptors (Lipinski definition) is 5. The van der Waals surface area contributed by atoms with Crippen molar-refractivity contribution in [2.75, 3.05) is 6.61 Å². The lowest BCUT2D eigenvalue weighted by atomic mass is 9.80. The molecule has 3 rings (SSSR count). The second kappa shape index (κ2) is 7.95. The highest BCUT2D eigenvalue weighted by molar-refractivity contribution is 5.41. The number of aliphatic hydroxyl groups excluding tert-OH is 1. The Morgan fingerprint density at radius 1 is 1.00 bits per heavy atom. The van der Waals surface area contributed by atoms with Crippen molar-refractivity contribution in [1.29, 1.82) is 0 Å². The topological polar surface area (TPSA) is 79.1 Å². The molecule has 5 nitrogen and oxygen atoms in total. The van der Waals surface area contributed by atoms with Gasteiger partial charge in [-0.25, -0.2) is 18.7 Å². The van der Waals surface area contributed by atoms with Crippen molar-refractivity contribution in [3.8, 4) is 11.8 Å². The van der Waals surface area contributed by atoms with E-state index in [1.54, 1.807) is 0 Å². The molecule has 0 aliphatic carbocycles. The van der Waals surface area contributed by atoms with E-state index in [0.29, 0.717) is 6.07 Å². The summed E-state index contributed by atoms with van der Waals surface area (Å²) in [5, 5.41) is 19.8. The number of pyridine rings is 1. The average molecular weight is 403 g/mol. The molecule has 1 aromatic carbocycles. The maximum Gasteiger partial charge on any atom is 0.326 e. The highest BCUT2D eigenvalue weighted by Gasteiger charge is 2.58. The third kappa shape index (κ3) is 3.68. The van der Waals surface area contributed by atoms with E-state index in [1.807, 2.05) is 0 Å². The quantitative estimate of drug-likeness (QED) is 0.517. The monoisotopic (exact) mass is 403 g/mol. The minimum Gasteiger partial charge on any atom is -0.384 e. The first-order valence-corrected chi connectivity index (χ1v) is 8.18. The Kier molecular flexibility index (Phi) is 5.59. The molecule has 0 spiro atoms. The molecule has 148 valence electrons. The molecule has 3 aromatic rings. The Hall–Kier alpha value is -3.35. The Morgan fingerprint density at radius 3 is 2.31 bits per heavy atom. The first kappa shape index (κ1) is 20.4. The molecule has 0 saturated heterocycles. The molecule has 9 heteroatoms. The molecule has 2 heterocycles. The van der Waals surface area contributed by atoms with Gasteiger partial charge >= 0.3 is 5.92 Å². The Labute approximate surface area is 162 Å². The van der Waals surface area contributed by atoms with E-state index in [2.05, 4.69) is 26.8 Å². The molecule has 0 amide bonds. The van der Waals surface area contributed by atoms with Crippen LogP contribution in [0.5, 0.6) is 0 Å². The zero-order valence-corrected chi connectivity index (χ0v) is 14.7. The normalized spacial score (nSPS) is 13.3. The van der Waals surface area contributed by atoms with Crippen molar-refractivity contribution < 1.29 is 27.8 Å². The van der Waals surface area contributed by atoms with Gasteiger partial charge in [0.25, 0.3) is 0 Å². The summed E-state index contributed by atoms with van der Waals surface area (Å²) < 4.78 is 58.8. The molecule has 0 aliphatic rings. The number of nitrogens with zero attached hydrogens (tertiary/aromatic N) is 3. The number of aliphatic hydroxyl groups is 2. The number of hydrogen-bond donors (Lipinski definition) is 2. The maximum absolute atomic E-state index is 15.5. The van der Waals surface area contributed by atoms with Gasteiger partial charge in [0, 0.05) is 41.3 Å². The van der Waals surface area contributed by atoms with Crippen LogP contribution >= 0.6 is 0 Å². The van der Waals surface area contributed by atoms with Crippen molar-refractivity contribution in [1.82, 2.24) is 15.0 Å². The summed E-state index contributed by atoms with van der Waals surface area (Å²) in [5.41, 5.74) is -5.30. The molecule has 2 N–H and O–H groups in total. The number of halogens is 4. The second-order valence-electron chi connectivity index (χ2n) is 5.93. The van der Waals surface area contributed by atoms with Gasteiger partial charge < -0.3 is 10.2 Å². The average Bonchev–Trinajstić information content (AvgIpc) is 2.72. The molecule has 2 aromatic heterocycles. The van der Waals surface area contributed by atoms with Crippen molar-refractivity contribution >= 4 is 0 Å². The summed E-state index contributed by atoms with van der Waals surface area (Å²) in [4.78, 5) is 10.9. The van der Waals surface area contributed by atoms with Crippen LogP contribution < -0.4 is 0 Å². The number of aromatic nitrogens is 3. The first-order valence-electron chi connectivity index (χ1n) is 8.18. The van der Waals surface area contributed by atoms with Gasteiger partial charge in [-0.3, -0.25) is 4.98 Å².